The van der Waals surface area contributed by atoms with Crippen LogP contribution in [0, 0.1) is 0 Å². The third-order valence-electron chi connectivity index (χ3n) is 3.79. The molecule has 0 unspecified atom stereocenters. The van der Waals surface area contributed by atoms with Crippen LogP contribution in [0.1, 0.15) is 17.0 Å². The van der Waals surface area contributed by atoms with Gasteiger partial charge in [-0.1, -0.05) is 54.2 Å². The summed E-state index contributed by atoms with van der Waals surface area (Å²) in [5.41, 5.74) is 3.30. The van der Waals surface area contributed by atoms with Gasteiger partial charge in [-0.3, -0.25) is 0 Å². The minimum Gasteiger partial charge on any atom is -0.497 e. The third kappa shape index (κ3) is 3.05. The number of thioether (sulfide) groups is 1. The molecule has 6 heteroatoms. The summed E-state index contributed by atoms with van der Waals surface area (Å²) in [5.74, 6) is 2.44. The zero-order valence-corrected chi connectivity index (χ0v) is 14.0. The minimum atomic E-state index is 0.681. The Morgan fingerprint density at radius 2 is 1.88 bits per heavy atom. The Hall–Kier alpha value is -2.60. The molecule has 0 N–H and O–H groups in total. The van der Waals surface area contributed by atoms with Gasteiger partial charge in [-0.25, -0.2) is 4.98 Å². The Kier molecular flexibility index (Phi) is 4.04. The SMILES string of the molecule is COc1ccc(Cc2nc3n(n2)N=C(c2ccccc2)CS3)cc1. The zero-order chi connectivity index (χ0) is 16.4. The second kappa shape index (κ2) is 6.49. The number of ether oxygens (including phenoxy) is 1. The van der Waals surface area contributed by atoms with E-state index in [4.69, 9.17) is 4.74 Å². The van der Waals surface area contributed by atoms with Crippen molar-refractivity contribution in [3.63, 3.8) is 0 Å². The summed E-state index contributed by atoms with van der Waals surface area (Å²) in [7, 11) is 1.67. The van der Waals surface area contributed by atoms with Crippen LogP contribution in [0.2, 0.25) is 0 Å². The van der Waals surface area contributed by atoms with Gasteiger partial charge in [-0.15, -0.1) is 9.89 Å². The number of nitrogens with zero attached hydrogens (tertiary/aromatic N) is 4. The first-order chi connectivity index (χ1) is 11.8. The van der Waals surface area contributed by atoms with Gasteiger partial charge in [0.15, 0.2) is 5.82 Å². The number of benzene rings is 2. The van der Waals surface area contributed by atoms with Gasteiger partial charge in [0.25, 0.3) is 0 Å². The number of hydrogen-bond donors (Lipinski definition) is 0. The van der Waals surface area contributed by atoms with E-state index in [0.717, 1.165) is 39.3 Å². The van der Waals surface area contributed by atoms with Crippen LogP contribution < -0.4 is 4.74 Å². The maximum absolute atomic E-state index is 5.18. The zero-order valence-electron chi connectivity index (χ0n) is 13.2. The molecule has 0 atom stereocenters. The number of rotatable bonds is 4. The van der Waals surface area contributed by atoms with Gasteiger partial charge in [-0.2, -0.15) is 5.10 Å². The van der Waals surface area contributed by atoms with Gasteiger partial charge in [-0.05, 0) is 23.3 Å². The van der Waals surface area contributed by atoms with E-state index in [1.807, 2.05) is 42.5 Å². The minimum absolute atomic E-state index is 0.681. The summed E-state index contributed by atoms with van der Waals surface area (Å²) in [6.45, 7) is 0. The average Bonchev–Trinajstić information content (AvgIpc) is 3.04. The molecule has 0 saturated carbocycles. The average molecular weight is 336 g/mol. The Labute approximate surface area is 144 Å². The molecule has 1 aromatic heterocycles. The van der Waals surface area contributed by atoms with E-state index < -0.39 is 0 Å². The summed E-state index contributed by atoms with van der Waals surface area (Å²) in [6, 6.07) is 18.2. The molecule has 24 heavy (non-hydrogen) atoms. The molecule has 0 saturated heterocycles. The molecule has 4 rings (SSSR count). The highest BCUT2D eigenvalue weighted by Crippen LogP contribution is 2.23. The second-order valence-electron chi connectivity index (χ2n) is 5.43. The molecule has 2 heterocycles. The maximum Gasteiger partial charge on any atom is 0.211 e. The van der Waals surface area contributed by atoms with E-state index >= 15 is 0 Å². The van der Waals surface area contributed by atoms with Gasteiger partial charge in [0.2, 0.25) is 5.16 Å². The first kappa shape index (κ1) is 15.0. The fourth-order valence-electron chi connectivity index (χ4n) is 2.53. The van der Waals surface area contributed by atoms with Gasteiger partial charge in [0, 0.05) is 12.2 Å². The number of hydrogen-bond acceptors (Lipinski definition) is 5. The highest BCUT2D eigenvalue weighted by molar-refractivity contribution is 7.99. The molecule has 2 aromatic carbocycles. The number of fused-ring (bicyclic) bond motifs is 1. The standard InChI is InChI=1S/C18H16N4OS/c1-23-15-9-7-13(8-10-15)11-17-19-18-22(21-17)20-16(12-24-18)14-5-3-2-4-6-14/h2-10H,11-12H2,1H3. The fraction of sp³-hybridized carbons (Fsp3) is 0.167. The monoisotopic (exact) mass is 336 g/mol. The first-order valence-electron chi connectivity index (χ1n) is 7.67. The lowest BCUT2D eigenvalue weighted by molar-refractivity contribution is 0.414. The Morgan fingerprint density at radius 3 is 2.62 bits per heavy atom. The summed E-state index contributed by atoms with van der Waals surface area (Å²) in [4.78, 5) is 6.24. The van der Waals surface area contributed by atoms with Crippen molar-refractivity contribution in [1.29, 1.82) is 0 Å². The Bertz CT molecular complexity index is 872. The molecular formula is C18H16N4OS. The predicted molar refractivity (Wildman–Crippen MR) is 94.9 cm³/mol. The van der Waals surface area contributed by atoms with Crippen LogP contribution in [-0.4, -0.2) is 33.4 Å². The van der Waals surface area contributed by atoms with Crippen LogP contribution in [0.3, 0.4) is 0 Å². The molecule has 5 nitrogen and oxygen atoms in total. The molecular weight excluding hydrogens is 320 g/mol. The molecule has 0 fully saturated rings. The molecule has 0 amide bonds. The summed E-state index contributed by atoms with van der Waals surface area (Å²) >= 11 is 1.67. The van der Waals surface area contributed by atoms with Crippen LogP contribution in [0.15, 0.2) is 64.9 Å². The van der Waals surface area contributed by atoms with Crippen LogP contribution in [0.25, 0.3) is 0 Å². The van der Waals surface area contributed by atoms with Crippen LogP contribution in [0.5, 0.6) is 5.75 Å². The maximum atomic E-state index is 5.18. The van der Waals surface area contributed by atoms with Crippen LogP contribution in [-0.2, 0) is 6.42 Å². The van der Waals surface area contributed by atoms with Crippen molar-refractivity contribution in [2.24, 2.45) is 5.10 Å². The molecule has 0 radical (unpaired) electrons. The topological polar surface area (TPSA) is 52.3 Å². The fourth-order valence-corrected chi connectivity index (χ4v) is 3.39. The Balaban J connectivity index is 1.57. The van der Waals surface area contributed by atoms with E-state index in [9.17, 15) is 0 Å². The lowest BCUT2D eigenvalue weighted by Gasteiger charge is -2.11. The second-order valence-corrected chi connectivity index (χ2v) is 6.37. The molecule has 120 valence electrons. The molecule has 1 aliphatic rings. The molecule has 0 bridgehead atoms. The van der Waals surface area contributed by atoms with Crippen molar-refractivity contribution in [3.8, 4) is 5.75 Å². The largest absolute Gasteiger partial charge is 0.497 e. The molecule has 1 aliphatic heterocycles. The van der Waals surface area contributed by atoms with Crippen molar-refractivity contribution >= 4 is 17.5 Å². The van der Waals surface area contributed by atoms with Crippen molar-refractivity contribution in [2.45, 2.75) is 11.6 Å². The lowest BCUT2D eigenvalue weighted by atomic mass is 10.1. The smallest absolute Gasteiger partial charge is 0.211 e. The van der Waals surface area contributed by atoms with Crippen LogP contribution >= 0.6 is 11.8 Å². The van der Waals surface area contributed by atoms with Gasteiger partial charge in [0.1, 0.15) is 5.75 Å². The van der Waals surface area contributed by atoms with Crippen LogP contribution in [0.4, 0.5) is 0 Å². The van der Waals surface area contributed by atoms with E-state index in [1.165, 1.54) is 0 Å². The van der Waals surface area contributed by atoms with Gasteiger partial charge < -0.3 is 4.74 Å². The third-order valence-corrected chi connectivity index (χ3v) is 4.72. The van der Waals surface area contributed by atoms with Gasteiger partial charge >= 0.3 is 0 Å². The summed E-state index contributed by atoms with van der Waals surface area (Å²) < 4.78 is 5.18. The van der Waals surface area contributed by atoms with E-state index in [2.05, 4.69) is 27.3 Å². The number of aromatic nitrogens is 3. The van der Waals surface area contributed by atoms with Crippen molar-refractivity contribution in [1.82, 2.24) is 14.9 Å². The quantitative estimate of drug-likeness (QED) is 0.734. The predicted octanol–water partition coefficient (Wildman–Crippen LogP) is 3.24. The highest BCUT2D eigenvalue weighted by atomic mass is 32.2. The van der Waals surface area contributed by atoms with E-state index in [1.54, 1.807) is 23.7 Å². The van der Waals surface area contributed by atoms with Crippen molar-refractivity contribution in [3.05, 3.63) is 71.5 Å². The number of methoxy groups -OCH3 is 1. The summed E-state index contributed by atoms with van der Waals surface area (Å²) in [6.07, 6.45) is 0.681. The van der Waals surface area contributed by atoms with Gasteiger partial charge in [0.05, 0.1) is 12.8 Å². The first-order valence-corrected chi connectivity index (χ1v) is 8.65. The molecule has 3 aromatic rings. The van der Waals surface area contributed by atoms with E-state index in [-0.39, 0.29) is 0 Å². The van der Waals surface area contributed by atoms with Crippen molar-refractivity contribution < 1.29 is 4.74 Å². The van der Waals surface area contributed by atoms with Crippen molar-refractivity contribution in [2.75, 3.05) is 12.9 Å². The Morgan fingerprint density at radius 1 is 1.08 bits per heavy atom. The lowest BCUT2D eigenvalue weighted by Crippen LogP contribution is -2.13. The summed E-state index contributed by atoms with van der Waals surface area (Å²) in [5, 5.41) is 10.0. The highest BCUT2D eigenvalue weighted by Gasteiger charge is 2.18. The molecule has 0 spiro atoms. The molecule has 0 aliphatic carbocycles. The normalized spacial score (nSPS) is 13.3. The van der Waals surface area contributed by atoms with E-state index in [0.29, 0.717) is 6.42 Å².